The highest BCUT2D eigenvalue weighted by molar-refractivity contribution is 4.91. The van der Waals surface area contributed by atoms with Crippen molar-refractivity contribution in [3.63, 3.8) is 0 Å². The zero-order valence-corrected chi connectivity index (χ0v) is 10.6. The molecule has 1 N–H and O–H groups in total. The van der Waals surface area contributed by atoms with Crippen LogP contribution < -0.4 is 0 Å². The molecule has 1 heterocycles. The van der Waals surface area contributed by atoms with Gasteiger partial charge in [0.2, 0.25) is 5.89 Å². The molecule has 2 rings (SSSR count). The Balaban J connectivity index is 1.90. The van der Waals surface area contributed by atoms with Crippen molar-refractivity contribution < 1.29 is 9.63 Å². The minimum atomic E-state index is 0.184. The SMILES string of the molecule is CC(C)Cc1noc(CN(CCO)C2CC2)n1. The quantitative estimate of drug-likeness (QED) is 0.775. The maximum Gasteiger partial charge on any atom is 0.240 e. The molecular formula is C12H21N3O2. The maximum atomic E-state index is 9.01. The van der Waals surface area contributed by atoms with E-state index in [9.17, 15) is 0 Å². The topological polar surface area (TPSA) is 62.4 Å². The van der Waals surface area contributed by atoms with Crippen LogP contribution in [-0.4, -0.2) is 39.3 Å². The summed E-state index contributed by atoms with van der Waals surface area (Å²) in [4.78, 5) is 6.60. The molecule has 5 nitrogen and oxygen atoms in total. The van der Waals surface area contributed by atoms with E-state index in [1.807, 2.05) is 0 Å². The van der Waals surface area contributed by atoms with Gasteiger partial charge in [-0.15, -0.1) is 0 Å². The fraction of sp³-hybridized carbons (Fsp3) is 0.833. The molecule has 0 unspecified atom stereocenters. The van der Waals surface area contributed by atoms with Crippen LogP contribution in [0.5, 0.6) is 0 Å². The average Bonchev–Trinajstić information content (AvgIpc) is 3.01. The largest absolute Gasteiger partial charge is 0.395 e. The highest BCUT2D eigenvalue weighted by Gasteiger charge is 2.29. The Morgan fingerprint density at radius 2 is 2.24 bits per heavy atom. The van der Waals surface area contributed by atoms with Crippen LogP contribution >= 0.6 is 0 Å². The van der Waals surface area contributed by atoms with Gasteiger partial charge in [0.1, 0.15) is 0 Å². The highest BCUT2D eigenvalue weighted by atomic mass is 16.5. The van der Waals surface area contributed by atoms with Gasteiger partial charge in [0.25, 0.3) is 0 Å². The predicted octanol–water partition coefficient (Wildman–Crippen LogP) is 1.22. The van der Waals surface area contributed by atoms with Crippen LogP contribution in [0.1, 0.15) is 38.4 Å². The summed E-state index contributed by atoms with van der Waals surface area (Å²) in [5.41, 5.74) is 0. The lowest BCUT2D eigenvalue weighted by molar-refractivity contribution is 0.167. The average molecular weight is 239 g/mol. The highest BCUT2D eigenvalue weighted by Crippen LogP contribution is 2.27. The van der Waals surface area contributed by atoms with Gasteiger partial charge < -0.3 is 9.63 Å². The third kappa shape index (κ3) is 3.78. The molecule has 1 aliphatic carbocycles. The Morgan fingerprint density at radius 3 is 2.82 bits per heavy atom. The summed E-state index contributed by atoms with van der Waals surface area (Å²) in [6.07, 6.45) is 3.28. The van der Waals surface area contributed by atoms with Gasteiger partial charge in [-0.05, 0) is 18.8 Å². The molecule has 0 radical (unpaired) electrons. The zero-order valence-electron chi connectivity index (χ0n) is 10.6. The lowest BCUT2D eigenvalue weighted by Crippen LogP contribution is -2.28. The van der Waals surface area contributed by atoms with Crippen molar-refractivity contribution >= 4 is 0 Å². The molecule has 1 fully saturated rings. The number of aliphatic hydroxyl groups excluding tert-OH is 1. The molecule has 17 heavy (non-hydrogen) atoms. The number of rotatable bonds is 7. The third-order valence-corrected chi connectivity index (χ3v) is 2.89. The minimum absolute atomic E-state index is 0.184. The second-order valence-electron chi connectivity index (χ2n) is 5.13. The van der Waals surface area contributed by atoms with Crippen molar-refractivity contribution in [3.05, 3.63) is 11.7 Å². The van der Waals surface area contributed by atoms with Crippen molar-refractivity contribution in [2.45, 2.75) is 45.7 Å². The molecule has 0 amide bonds. The molecule has 1 aromatic rings. The van der Waals surface area contributed by atoms with Crippen LogP contribution in [0.2, 0.25) is 0 Å². The molecule has 0 aliphatic heterocycles. The number of nitrogens with zero attached hydrogens (tertiary/aromatic N) is 3. The third-order valence-electron chi connectivity index (χ3n) is 2.89. The fourth-order valence-electron chi connectivity index (χ4n) is 1.94. The van der Waals surface area contributed by atoms with Crippen LogP contribution in [0.4, 0.5) is 0 Å². The second-order valence-corrected chi connectivity index (χ2v) is 5.13. The molecule has 0 bridgehead atoms. The van der Waals surface area contributed by atoms with E-state index in [-0.39, 0.29) is 6.61 Å². The molecule has 0 atom stereocenters. The Hall–Kier alpha value is -0.940. The van der Waals surface area contributed by atoms with E-state index in [1.54, 1.807) is 0 Å². The van der Waals surface area contributed by atoms with Crippen molar-refractivity contribution in [3.8, 4) is 0 Å². The summed E-state index contributed by atoms with van der Waals surface area (Å²) in [6.45, 7) is 5.81. The van der Waals surface area contributed by atoms with E-state index in [4.69, 9.17) is 9.63 Å². The summed E-state index contributed by atoms with van der Waals surface area (Å²) in [6, 6.07) is 0.600. The van der Waals surface area contributed by atoms with Gasteiger partial charge >= 0.3 is 0 Å². The van der Waals surface area contributed by atoms with E-state index in [1.165, 1.54) is 12.8 Å². The molecule has 0 saturated heterocycles. The molecule has 96 valence electrons. The van der Waals surface area contributed by atoms with E-state index in [0.29, 0.717) is 30.9 Å². The second kappa shape index (κ2) is 5.60. The van der Waals surface area contributed by atoms with Gasteiger partial charge in [-0.1, -0.05) is 19.0 Å². The van der Waals surface area contributed by atoms with Crippen LogP contribution in [0.3, 0.4) is 0 Å². The van der Waals surface area contributed by atoms with Crippen LogP contribution in [0.15, 0.2) is 4.52 Å². The normalized spacial score (nSPS) is 16.1. The summed E-state index contributed by atoms with van der Waals surface area (Å²) >= 11 is 0. The van der Waals surface area contributed by atoms with Gasteiger partial charge in [-0.25, -0.2) is 0 Å². The standard InChI is InChI=1S/C12H21N3O2/c1-9(2)7-11-13-12(17-14-11)8-15(5-6-16)10-3-4-10/h9-10,16H,3-8H2,1-2H3. The first-order chi connectivity index (χ1) is 8.19. The summed E-state index contributed by atoms with van der Waals surface area (Å²) in [7, 11) is 0. The minimum Gasteiger partial charge on any atom is -0.395 e. The molecule has 0 aromatic carbocycles. The summed E-state index contributed by atoms with van der Waals surface area (Å²) in [5.74, 6) is 1.99. The Bertz CT molecular complexity index is 347. The molecule has 0 spiro atoms. The fourth-order valence-corrected chi connectivity index (χ4v) is 1.94. The smallest absolute Gasteiger partial charge is 0.240 e. The van der Waals surface area contributed by atoms with E-state index < -0.39 is 0 Å². The van der Waals surface area contributed by atoms with Crippen molar-refractivity contribution in [1.82, 2.24) is 15.0 Å². The number of aliphatic hydroxyl groups is 1. The van der Waals surface area contributed by atoms with Crippen molar-refractivity contribution in [2.24, 2.45) is 5.92 Å². The maximum absolute atomic E-state index is 9.01. The van der Waals surface area contributed by atoms with Gasteiger partial charge in [-0.3, -0.25) is 4.90 Å². The molecule has 1 saturated carbocycles. The first-order valence-corrected chi connectivity index (χ1v) is 6.35. The Kier molecular flexibility index (Phi) is 4.12. The monoisotopic (exact) mass is 239 g/mol. The Morgan fingerprint density at radius 1 is 1.47 bits per heavy atom. The van der Waals surface area contributed by atoms with Crippen LogP contribution in [-0.2, 0) is 13.0 Å². The number of hydrogen-bond acceptors (Lipinski definition) is 5. The van der Waals surface area contributed by atoms with Gasteiger partial charge in [0, 0.05) is 19.0 Å². The van der Waals surface area contributed by atoms with E-state index in [0.717, 1.165) is 12.2 Å². The van der Waals surface area contributed by atoms with E-state index in [2.05, 4.69) is 28.9 Å². The first-order valence-electron chi connectivity index (χ1n) is 6.35. The van der Waals surface area contributed by atoms with Gasteiger partial charge in [-0.2, -0.15) is 4.98 Å². The predicted molar refractivity (Wildman–Crippen MR) is 63.4 cm³/mol. The van der Waals surface area contributed by atoms with Crippen molar-refractivity contribution in [2.75, 3.05) is 13.2 Å². The van der Waals surface area contributed by atoms with Gasteiger partial charge in [0.15, 0.2) is 5.82 Å². The number of hydrogen-bond donors (Lipinski definition) is 1. The van der Waals surface area contributed by atoms with Gasteiger partial charge in [0.05, 0.1) is 13.2 Å². The molecular weight excluding hydrogens is 218 g/mol. The zero-order chi connectivity index (χ0) is 12.3. The lowest BCUT2D eigenvalue weighted by Gasteiger charge is -2.17. The molecule has 1 aliphatic rings. The molecule has 5 heteroatoms. The van der Waals surface area contributed by atoms with E-state index >= 15 is 0 Å². The first kappa shape index (κ1) is 12.5. The van der Waals surface area contributed by atoms with Crippen LogP contribution in [0, 0.1) is 5.92 Å². The Labute approximate surface area is 102 Å². The molecule has 1 aromatic heterocycles. The van der Waals surface area contributed by atoms with Crippen LogP contribution in [0.25, 0.3) is 0 Å². The number of aromatic nitrogens is 2. The summed E-state index contributed by atoms with van der Waals surface area (Å²) in [5, 5.41) is 13.0. The lowest BCUT2D eigenvalue weighted by atomic mass is 10.1. The van der Waals surface area contributed by atoms with Crippen molar-refractivity contribution in [1.29, 1.82) is 0 Å². The summed E-state index contributed by atoms with van der Waals surface area (Å²) < 4.78 is 5.24.